The van der Waals surface area contributed by atoms with Gasteiger partial charge in [0.25, 0.3) is 0 Å². The van der Waals surface area contributed by atoms with Crippen LogP contribution >= 0.6 is 11.8 Å². The Kier molecular flexibility index (Phi) is 6.36. The van der Waals surface area contributed by atoms with Crippen LogP contribution in [0.4, 0.5) is 0 Å². The van der Waals surface area contributed by atoms with Gasteiger partial charge in [-0.25, -0.2) is 0 Å². The molecule has 0 bridgehead atoms. The van der Waals surface area contributed by atoms with Gasteiger partial charge >= 0.3 is 0 Å². The average molecular weight is 399 g/mol. The summed E-state index contributed by atoms with van der Waals surface area (Å²) in [4.78, 5) is 0. The number of hydrogen-bond acceptors (Lipinski definition) is 6. The highest BCUT2D eigenvalue weighted by Crippen LogP contribution is 2.31. The molecule has 0 aliphatic heterocycles. The maximum atomic E-state index is 10.4. The normalized spacial score (nSPS) is 12.8. The van der Waals surface area contributed by atoms with Crippen molar-refractivity contribution in [1.29, 1.82) is 0 Å². The minimum absolute atomic E-state index is 0.0219. The van der Waals surface area contributed by atoms with Gasteiger partial charge in [0.1, 0.15) is 12.4 Å². The maximum Gasteiger partial charge on any atom is 0.214 e. The predicted molar refractivity (Wildman–Crippen MR) is 111 cm³/mol. The minimum Gasteiger partial charge on any atom is -0.491 e. The zero-order chi connectivity index (χ0) is 20.1. The number of para-hydroxylation sites is 2. The highest BCUT2D eigenvalue weighted by Gasteiger charge is 2.19. The summed E-state index contributed by atoms with van der Waals surface area (Å²) in [6.45, 7) is 8.67. The molecule has 1 aromatic heterocycles. The molecule has 0 fully saturated rings. The third-order valence-corrected chi connectivity index (χ3v) is 5.38. The van der Waals surface area contributed by atoms with Gasteiger partial charge in [-0.15, -0.1) is 5.10 Å². The van der Waals surface area contributed by atoms with Crippen LogP contribution in [0.2, 0.25) is 0 Å². The number of hydrogen-bond donors (Lipinski definition) is 1. The fraction of sp³-hybridized carbons (Fsp3) is 0.381. The van der Waals surface area contributed by atoms with Crippen LogP contribution in [0, 0.1) is 6.92 Å². The zero-order valence-corrected chi connectivity index (χ0v) is 17.5. The Morgan fingerprint density at radius 3 is 2.57 bits per heavy atom. The molecule has 148 valence electrons. The zero-order valence-electron chi connectivity index (χ0n) is 16.7. The summed E-state index contributed by atoms with van der Waals surface area (Å²) in [6.07, 6.45) is -0.639. The van der Waals surface area contributed by atoms with E-state index in [0.29, 0.717) is 10.9 Å². The highest BCUT2D eigenvalue weighted by atomic mass is 32.2. The van der Waals surface area contributed by atoms with Crippen LogP contribution in [0.3, 0.4) is 0 Å². The van der Waals surface area contributed by atoms with E-state index in [-0.39, 0.29) is 12.0 Å². The highest BCUT2D eigenvalue weighted by molar-refractivity contribution is 7.99. The van der Waals surface area contributed by atoms with E-state index < -0.39 is 6.10 Å². The van der Waals surface area contributed by atoms with E-state index in [1.807, 2.05) is 49.4 Å². The molecule has 0 saturated heterocycles. The van der Waals surface area contributed by atoms with Crippen molar-refractivity contribution in [3.05, 3.63) is 59.7 Å². The second-order valence-electron chi connectivity index (χ2n) is 7.68. The van der Waals surface area contributed by atoms with Crippen LogP contribution < -0.4 is 4.74 Å². The number of ether oxygens (including phenoxy) is 1. The fourth-order valence-corrected chi connectivity index (χ4v) is 3.63. The van der Waals surface area contributed by atoms with Gasteiger partial charge in [0, 0.05) is 5.75 Å². The summed E-state index contributed by atoms with van der Waals surface area (Å²) in [7, 11) is 0. The van der Waals surface area contributed by atoms with Crippen molar-refractivity contribution in [2.45, 2.75) is 44.4 Å². The van der Waals surface area contributed by atoms with Gasteiger partial charge in [-0.05, 0) is 46.0 Å². The molecule has 0 radical (unpaired) electrons. The molecule has 0 spiro atoms. The van der Waals surface area contributed by atoms with Gasteiger partial charge in [0.05, 0.1) is 11.8 Å². The first-order valence-electron chi connectivity index (χ1n) is 9.24. The van der Waals surface area contributed by atoms with Crippen LogP contribution in [-0.2, 0) is 5.41 Å². The molecule has 0 aliphatic rings. The Balaban J connectivity index is 1.60. The maximum absolute atomic E-state index is 10.4. The van der Waals surface area contributed by atoms with Crippen molar-refractivity contribution in [3.63, 3.8) is 0 Å². The number of aliphatic hydroxyl groups is 1. The first kappa shape index (κ1) is 20.4. The number of aromatic nitrogens is 4. The number of aryl methyl sites for hydroxylation is 1. The topological polar surface area (TPSA) is 73.1 Å². The van der Waals surface area contributed by atoms with Crippen molar-refractivity contribution in [2.24, 2.45) is 0 Å². The monoisotopic (exact) mass is 398 g/mol. The molecule has 1 atom stereocenters. The molecule has 28 heavy (non-hydrogen) atoms. The minimum atomic E-state index is -0.639. The number of rotatable bonds is 7. The molecular weight excluding hydrogens is 372 g/mol. The Labute approximate surface area is 169 Å². The van der Waals surface area contributed by atoms with E-state index in [0.717, 1.165) is 22.6 Å². The lowest BCUT2D eigenvalue weighted by Gasteiger charge is -2.23. The van der Waals surface area contributed by atoms with Crippen LogP contribution in [0.25, 0.3) is 5.69 Å². The Morgan fingerprint density at radius 2 is 1.82 bits per heavy atom. The second kappa shape index (κ2) is 8.75. The first-order chi connectivity index (χ1) is 13.4. The number of aliphatic hydroxyl groups excluding tert-OH is 1. The molecule has 6 nitrogen and oxygen atoms in total. The summed E-state index contributed by atoms with van der Waals surface area (Å²) in [6, 6.07) is 15.9. The van der Waals surface area contributed by atoms with Gasteiger partial charge < -0.3 is 9.84 Å². The lowest BCUT2D eigenvalue weighted by molar-refractivity contribution is 0.125. The lowest BCUT2D eigenvalue weighted by Crippen LogP contribution is -2.22. The summed E-state index contributed by atoms with van der Waals surface area (Å²) in [5, 5.41) is 23.0. The van der Waals surface area contributed by atoms with E-state index in [2.05, 4.69) is 42.4 Å². The molecule has 1 N–H and O–H groups in total. The molecule has 7 heteroatoms. The van der Waals surface area contributed by atoms with Crippen LogP contribution in [0.5, 0.6) is 5.75 Å². The number of benzene rings is 2. The molecular formula is C21H26N4O2S. The predicted octanol–water partition coefficient (Wildman–Crippen LogP) is 3.80. The smallest absolute Gasteiger partial charge is 0.214 e. The van der Waals surface area contributed by atoms with Gasteiger partial charge in [-0.2, -0.15) is 4.68 Å². The number of nitrogens with zero attached hydrogens (tertiary/aromatic N) is 4. The van der Waals surface area contributed by atoms with Crippen molar-refractivity contribution in [1.82, 2.24) is 20.2 Å². The third-order valence-electron chi connectivity index (χ3n) is 4.32. The second-order valence-corrected chi connectivity index (χ2v) is 8.67. The van der Waals surface area contributed by atoms with Gasteiger partial charge in [0.15, 0.2) is 0 Å². The van der Waals surface area contributed by atoms with Crippen molar-refractivity contribution >= 4 is 11.8 Å². The molecule has 1 heterocycles. The number of tetrazole rings is 1. The van der Waals surface area contributed by atoms with E-state index >= 15 is 0 Å². The molecule has 0 aliphatic carbocycles. The first-order valence-corrected chi connectivity index (χ1v) is 10.2. The van der Waals surface area contributed by atoms with Gasteiger partial charge in [-0.1, -0.05) is 68.9 Å². The SMILES string of the molecule is Cc1ccccc1-n1nnnc1SC[C@H](O)COc1ccccc1C(C)(C)C. The largest absolute Gasteiger partial charge is 0.491 e. The van der Waals surface area contributed by atoms with E-state index in [4.69, 9.17) is 4.74 Å². The summed E-state index contributed by atoms with van der Waals surface area (Å²) >= 11 is 1.41. The van der Waals surface area contributed by atoms with Crippen molar-refractivity contribution in [2.75, 3.05) is 12.4 Å². The third kappa shape index (κ3) is 4.91. The molecule has 2 aromatic carbocycles. The number of thioether (sulfide) groups is 1. The van der Waals surface area contributed by atoms with Gasteiger partial charge in [0.2, 0.25) is 5.16 Å². The van der Waals surface area contributed by atoms with Crippen LogP contribution in [0.15, 0.2) is 53.7 Å². The molecule has 0 unspecified atom stereocenters. The fourth-order valence-electron chi connectivity index (χ4n) is 2.84. The quantitative estimate of drug-likeness (QED) is 0.610. The van der Waals surface area contributed by atoms with E-state index in [1.54, 1.807) is 4.68 Å². The molecule has 3 aromatic rings. The van der Waals surface area contributed by atoms with E-state index in [9.17, 15) is 5.11 Å². The van der Waals surface area contributed by atoms with Gasteiger partial charge in [-0.3, -0.25) is 0 Å². The lowest BCUT2D eigenvalue weighted by atomic mass is 9.86. The molecule has 0 amide bonds. The summed E-state index contributed by atoms with van der Waals surface area (Å²) in [5.41, 5.74) is 3.11. The van der Waals surface area contributed by atoms with Crippen molar-refractivity contribution < 1.29 is 9.84 Å². The van der Waals surface area contributed by atoms with Crippen LogP contribution in [0.1, 0.15) is 31.9 Å². The average Bonchev–Trinajstić information content (AvgIpc) is 3.13. The van der Waals surface area contributed by atoms with Crippen molar-refractivity contribution in [3.8, 4) is 11.4 Å². The molecule has 0 saturated carbocycles. The Bertz CT molecular complexity index is 921. The molecule has 3 rings (SSSR count). The standard InChI is InChI=1S/C21H26N4O2S/c1-15-9-5-7-11-18(15)25-20(22-23-24-25)28-14-16(26)13-27-19-12-8-6-10-17(19)21(2,3)4/h5-12,16,26H,13-14H2,1-4H3/t16-/m1/s1. The summed E-state index contributed by atoms with van der Waals surface area (Å²) < 4.78 is 7.60. The Morgan fingerprint density at radius 1 is 1.11 bits per heavy atom. The summed E-state index contributed by atoms with van der Waals surface area (Å²) in [5.74, 6) is 1.24. The van der Waals surface area contributed by atoms with E-state index in [1.165, 1.54) is 11.8 Å². The van der Waals surface area contributed by atoms with Crippen LogP contribution in [-0.4, -0.2) is 43.8 Å². The Hall–Kier alpha value is -2.38.